The maximum Gasteiger partial charge on any atom is 0.299 e. The summed E-state index contributed by atoms with van der Waals surface area (Å²) in [5, 5.41) is 19.2. The second-order valence-electron chi connectivity index (χ2n) is 6.71. The predicted octanol–water partition coefficient (Wildman–Crippen LogP) is 4.25. The second-order valence-corrected chi connectivity index (χ2v) is 7.52. The zero-order valence-electron chi connectivity index (χ0n) is 17.7. The number of aromatic nitrogens is 4. The van der Waals surface area contributed by atoms with E-state index in [9.17, 15) is 14.7 Å². The van der Waals surface area contributed by atoms with Crippen molar-refractivity contribution in [1.29, 1.82) is 0 Å². The normalized spacial score (nSPS) is 11.5. The number of azo groups is 1. The largest absolute Gasteiger partial charge is 0.493 e. The van der Waals surface area contributed by atoms with E-state index in [4.69, 9.17) is 23.8 Å². The Hall–Kier alpha value is -2.98. The van der Waals surface area contributed by atoms with Gasteiger partial charge < -0.3 is 5.11 Å². The molecule has 0 aliphatic rings. The molecule has 31 heavy (non-hydrogen) atoms. The van der Waals surface area contributed by atoms with Crippen LogP contribution in [0.4, 0.5) is 11.4 Å². The molecule has 3 aromatic rings. The molecule has 0 fully saturated rings. The van der Waals surface area contributed by atoms with Gasteiger partial charge in [-0.15, -0.1) is 10.2 Å². The SMILES string of the molecule is CCc1c(N=Nc2c(O)n(CC)c(=S)n(CC)c2=O)c(=O)n(-c2ccc(Cl)cc2)n1C. The number of hydrogen-bond donors (Lipinski definition) is 1. The minimum Gasteiger partial charge on any atom is -0.493 e. The summed E-state index contributed by atoms with van der Waals surface area (Å²) in [7, 11) is 1.74. The van der Waals surface area contributed by atoms with E-state index < -0.39 is 11.1 Å². The molecule has 1 aromatic carbocycles. The standard InChI is InChI=1S/C20H23ClN6O3S/c1-5-14-15(19(30)27(24(14)4)13-10-8-12(21)9-11-13)22-23-16-17(28)25(6-2)20(31)26(7-3)18(16)29/h8-11,28H,5-7H2,1-4H3. The molecular weight excluding hydrogens is 440 g/mol. The van der Waals surface area contributed by atoms with Gasteiger partial charge in [-0.3, -0.25) is 23.4 Å². The highest BCUT2D eigenvalue weighted by Gasteiger charge is 2.20. The lowest BCUT2D eigenvalue weighted by Crippen LogP contribution is -2.24. The van der Waals surface area contributed by atoms with Crippen LogP contribution in [0.3, 0.4) is 0 Å². The summed E-state index contributed by atoms with van der Waals surface area (Å²) in [5.41, 5.74) is 0.105. The first-order chi connectivity index (χ1) is 14.8. The molecule has 0 radical (unpaired) electrons. The summed E-state index contributed by atoms with van der Waals surface area (Å²) >= 11 is 11.2. The Labute approximate surface area is 188 Å². The van der Waals surface area contributed by atoms with Crippen molar-refractivity contribution < 1.29 is 5.11 Å². The van der Waals surface area contributed by atoms with Crippen molar-refractivity contribution in [3.8, 4) is 11.6 Å². The molecule has 0 aliphatic carbocycles. The summed E-state index contributed by atoms with van der Waals surface area (Å²) < 4.78 is 6.05. The Morgan fingerprint density at radius 3 is 2.10 bits per heavy atom. The van der Waals surface area contributed by atoms with E-state index in [1.54, 1.807) is 49.8 Å². The summed E-state index contributed by atoms with van der Waals surface area (Å²) in [6.07, 6.45) is 0.506. The Morgan fingerprint density at radius 1 is 0.968 bits per heavy atom. The molecule has 0 amide bonds. The molecule has 0 bridgehead atoms. The average molecular weight is 463 g/mol. The van der Waals surface area contributed by atoms with Crippen molar-refractivity contribution in [2.75, 3.05) is 0 Å². The maximum absolute atomic E-state index is 13.1. The molecule has 2 aromatic heterocycles. The van der Waals surface area contributed by atoms with Gasteiger partial charge in [0.2, 0.25) is 11.6 Å². The van der Waals surface area contributed by atoms with Gasteiger partial charge in [0.15, 0.2) is 10.5 Å². The van der Waals surface area contributed by atoms with E-state index in [1.165, 1.54) is 13.8 Å². The minimum atomic E-state index is -0.564. The van der Waals surface area contributed by atoms with E-state index >= 15 is 0 Å². The first-order valence-electron chi connectivity index (χ1n) is 9.81. The van der Waals surface area contributed by atoms with Crippen molar-refractivity contribution in [3.05, 3.63) is 60.5 Å². The van der Waals surface area contributed by atoms with E-state index in [2.05, 4.69) is 10.2 Å². The van der Waals surface area contributed by atoms with Crippen LogP contribution in [0.25, 0.3) is 5.69 Å². The monoisotopic (exact) mass is 462 g/mol. The van der Waals surface area contributed by atoms with Gasteiger partial charge in [0.1, 0.15) is 0 Å². The number of aromatic hydroxyl groups is 1. The molecule has 2 heterocycles. The van der Waals surface area contributed by atoms with Crippen LogP contribution in [0.2, 0.25) is 5.02 Å². The van der Waals surface area contributed by atoms with Gasteiger partial charge in [-0.2, -0.15) is 0 Å². The van der Waals surface area contributed by atoms with Crippen LogP contribution in [0, 0.1) is 4.77 Å². The van der Waals surface area contributed by atoms with Crippen molar-refractivity contribution in [2.24, 2.45) is 17.3 Å². The molecule has 164 valence electrons. The molecule has 0 unspecified atom stereocenters. The van der Waals surface area contributed by atoms with Crippen molar-refractivity contribution in [3.63, 3.8) is 0 Å². The van der Waals surface area contributed by atoms with Gasteiger partial charge in [-0.05, 0) is 56.8 Å². The number of hydrogen-bond acceptors (Lipinski definition) is 6. The van der Waals surface area contributed by atoms with Crippen LogP contribution < -0.4 is 11.1 Å². The Morgan fingerprint density at radius 2 is 1.55 bits per heavy atom. The fraction of sp³-hybridized carbons (Fsp3) is 0.350. The summed E-state index contributed by atoms with van der Waals surface area (Å²) in [6, 6.07) is 6.83. The van der Waals surface area contributed by atoms with Gasteiger partial charge in [0, 0.05) is 25.2 Å². The molecular formula is C20H23ClN6O3S. The van der Waals surface area contributed by atoms with Gasteiger partial charge in [0.05, 0.1) is 11.4 Å². The molecule has 9 nitrogen and oxygen atoms in total. The predicted molar refractivity (Wildman–Crippen MR) is 122 cm³/mol. The van der Waals surface area contributed by atoms with Gasteiger partial charge in [-0.25, -0.2) is 4.68 Å². The Bertz CT molecular complexity index is 1330. The summed E-state index contributed by atoms with van der Waals surface area (Å²) in [6.45, 7) is 6.11. The fourth-order valence-corrected chi connectivity index (χ4v) is 3.98. The van der Waals surface area contributed by atoms with E-state index in [0.717, 1.165) is 0 Å². The number of nitrogens with zero attached hydrogens (tertiary/aromatic N) is 6. The zero-order valence-corrected chi connectivity index (χ0v) is 19.2. The van der Waals surface area contributed by atoms with Crippen LogP contribution >= 0.6 is 23.8 Å². The lowest BCUT2D eigenvalue weighted by atomic mass is 10.3. The van der Waals surface area contributed by atoms with E-state index in [-0.39, 0.29) is 22.0 Å². The number of rotatable bonds is 6. The van der Waals surface area contributed by atoms with Crippen LogP contribution in [-0.4, -0.2) is 23.6 Å². The van der Waals surface area contributed by atoms with Gasteiger partial charge in [-0.1, -0.05) is 18.5 Å². The molecule has 3 rings (SSSR count). The van der Waals surface area contributed by atoms with Crippen molar-refractivity contribution in [2.45, 2.75) is 40.3 Å². The highest BCUT2D eigenvalue weighted by atomic mass is 35.5. The molecule has 0 atom stereocenters. The van der Waals surface area contributed by atoms with Gasteiger partial charge in [0.25, 0.3) is 11.1 Å². The van der Waals surface area contributed by atoms with Crippen molar-refractivity contribution >= 4 is 35.2 Å². The second kappa shape index (κ2) is 9.03. The van der Waals surface area contributed by atoms with Crippen molar-refractivity contribution in [1.82, 2.24) is 18.5 Å². The van der Waals surface area contributed by atoms with E-state index in [1.807, 2.05) is 6.92 Å². The smallest absolute Gasteiger partial charge is 0.299 e. The summed E-state index contributed by atoms with van der Waals surface area (Å²) in [5.74, 6) is -0.377. The number of benzene rings is 1. The van der Waals surface area contributed by atoms with Crippen LogP contribution in [-0.2, 0) is 26.6 Å². The highest BCUT2D eigenvalue weighted by Crippen LogP contribution is 2.26. The maximum atomic E-state index is 13.1. The van der Waals surface area contributed by atoms with Crippen LogP contribution in [0.15, 0.2) is 44.1 Å². The minimum absolute atomic E-state index is 0.0901. The average Bonchev–Trinajstić information content (AvgIpc) is 2.98. The lowest BCUT2D eigenvalue weighted by molar-refractivity contribution is 0.402. The molecule has 1 N–H and O–H groups in total. The Balaban J connectivity index is 2.22. The molecule has 11 heteroatoms. The van der Waals surface area contributed by atoms with E-state index in [0.29, 0.717) is 35.9 Å². The quantitative estimate of drug-likeness (QED) is 0.437. The number of halogens is 1. The first-order valence-corrected chi connectivity index (χ1v) is 10.6. The van der Waals surface area contributed by atoms with Crippen LogP contribution in [0.1, 0.15) is 26.5 Å². The molecule has 0 aliphatic heterocycles. The Kier molecular flexibility index (Phi) is 6.61. The highest BCUT2D eigenvalue weighted by molar-refractivity contribution is 7.71. The molecule has 0 saturated carbocycles. The fourth-order valence-electron chi connectivity index (χ4n) is 3.43. The van der Waals surface area contributed by atoms with Gasteiger partial charge >= 0.3 is 0 Å². The topological polar surface area (TPSA) is 98.8 Å². The zero-order chi connectivity index (χ0) is 22.9. The molecule has 0 spiro atoms. The third kappa shape index (κ3) is 3.88. The lowest BCUT2D eigenvalue weighted by Gasteiger charge is -2.12. The third-order valence-electron chi connectivity index (χ3n) is 5.02. The first kappa shape index (κ1) is 22.7. The van der Waals surface area contributed by atoms with Crippen LogP contribution in [0.5, 0.6) is 5.88 Å². The summed E-state index contributed by atoms with van der Waals surface area (Å²) in [4.78, 5) is 25.9. The molecule has 0 saturated heterocycles. The third-order valence-corrected chi connectivity index (χ3v) is 5.72.